The Hall–Kier alpha value is -0.470. The molecule has 0 radical (unpaired) electrons. The van der Waals surface area contributed by atoms with Gasteiger partial charge in [-0.3, -0.25) is 0 Å². The molecule has 0 aliphatic rings. The summed E-state index contributed by atoms with van der Waals surface area (Å²) in [5.41, 5.74) is 12.4. The van der Waals surface area contributed by atoms with E-state index in [0.717, 1.165) is 10.0 Å². The molecule has 15 heavy (non-hydrogen) atoms. The summed E-state index contributed by atoms with van der Waals surface area (Å²) in [4.78, 5) is 0. The van der Waals surface area contributed by atoms with Crippen LogP contribution in [0.2, 0.25) is 0 Å². The normalized spacial score (nSPS) is 13.1. The Balaban J connectivity index is 2.95. The highest BCUT2D eigenvalue weighted by molar-refractivity contribution is 9.10. The molecule has 1 aromatic carbocycles. The van der Waals surface area contributed by atoms with E-state index in [1.54, 1.807) is 18.2 Å². The number of halogens is 1. The van der Waals surface area contributed by atoms with Gasteiger partial charge in [0.1, 0.15) is 0 Å². The molecule has 0 heterocycles. The summed E-state index contributed by atoms with van der Waals surface area (Å²) in [7, 11) is -2.95. The molecule has 84 valence electrons. The fourth-order valence-corrected chi connectivity index (χ4v) is 1.80. The molecule has 0 aliphatic carbocycles. The largest absolute Gasteiger partial charge is 0.326 e. The van der Waals surface area contributed by atoms with Crippen molar-refractivity contribution < 1.29 is 12.6 Å². The van der Waals surface area contributed by atoms with E-state index < -0.39 is 17.2 Å². The summed E-state index contributed by atoms with van der Waals surface area (Å²) in [6.45, 7) is 0.338. The summed E-state index contributed by atoms with van der Waals surface area (Å²) in [5, 5.41) is 0. The maximum Gasteiger partial charge on any atom is 0.259 e. The van der Waals surface area contributed by atoms with E-state index in [1.165, 1.54) is 0 Å². The summed E-state index contributed by atoms with van der Waals surface area (Å²) < 4.78 is 25.9. The van der Waals surface area contributed by atoms with Gasteiger partial charge in [0.2, 0.25) is 0 Å². The zero-order valence-corrected chi connectivity index (χ0v) is 10.2. The monoisotopic (exact) mass is 294 g/mol. The summed E-state index contributed by atoms with van der Waals surface area (Å²) in [6, 6.07) is 5.12. The molecule has 0 aromatic heterocycles. The van der Waals surface area contributed by atoms with E-state index in [9.17, 15) is 8.42 Å². The third-order valence-corrected chi connectivity index (χ3v) is 2.99. The van der Waals surface area contributed by atoms with Gasteiger partial charge in [0.25, 0.3) is 11.0 Å². The minimum absolute atomic E-state index is 0.338. The number of benzene rings is 1. The third kappa shape index (κ3) is 3.54. The molecule has 7 heteroatoms. The molecule has 5 nitrogen and oxygen atoms in total. The smallest absolute Gasteiger partial charge is 0.259 e. The number of nitrogens with two attached hydrogens (primary N) is 2. The Morgan fingerprint density at radius 3 is 2.67 bits per heavy atom. The van der Waals surface area contributed by atoms with E-state index in [-0.39, 0.29) is 0 Å². The molecule has 0 saturated carbocycles. The minimum Gasteiger partial charge on any atom is -0.326 e. The second-order valence-corrected chi connectivity index (χ2v) is 4.32. The lowest BCUT2D eigenvalue weighted by Gasteiger charge is -2.10. The first-order valence-corrected chi connectivity index (χ1v) is 5.98. The highest BCUT2D eigenvalue weighted by atomic mass is 79.9. The van der Waals surface area contributed by atoms with Crippen molar-refractivity contribution in [3.8, 4) is 0 Å². The van der Waals surface area contributed by atoms with Crippen LogP contribution in [-0.4, -0.2) is 8.42 Å². The average Bonchev–Trinajstić information content (AvgIpc) is 2.17. The molecule has 0 spiro atoms. The molecule has 1 rings (SSSR count). The first-order valence-electron chi connectivity index (χ1n) is 4.09. The quantitative estimate of drug-likeness (QED) is 0.552. The van der Waals surface area contributed by atoms with Crippen LogP contribution in [0.4, 0.5) is 0 Å². The summed E-state index contributed by atoms with van der Waals surface area (Å²) in [6.07, 6.45) is -0.982. The maximum absolute atomic E-state index is 10.3. The van der Waals surface area contributed by atoms with E-state index in [4.69, 9.17) is 11.5 Å². The highest BCUT2D eigenvalue weighted by Crippen LogP contribution is 2.21. The van der Waals surface area contributed by atoms with Gasteiger partial charge in [-0.2, -0.15) is 0 Å². The van der Waals surface area contributed by atoms with Crippen LogP contribution in [0.25, 0.3) is 0 Å². The van der Waals surface area contributed by atoms with Gasteiger partial charge in [0.05, 0.1) is 0 Å². The second kappa shape index (κ2) is 5.57. The molecule has 1 atom stereocenters. The molecule has 0 saturated heterocycles. The zero-order valence-electron chi connectivity index (χ0n) is 7.72. The number of rotatable bonds is 4. The number of thiol groups is 1. The number of hydrogen-bond acceptors (Lipinski definition) is 5. The van der Waals surface area contributed by atoms with Gasteiger partial charge in [-0.1, -0.05) is 22.0 Å². The van der Waals surface area contributed by atoms with E-state index in [1.807, 2.05) is 0 Å². The molecule has 0 amide bonds. The van der Waals surface area contributed by atoms with Crippen molar-refractivity contribution in [2.45, 2.75) is 12.8 Å². The van der Waals surface area contributed by atoms with Crippen molar-refractivity contribution in [2.24, 2.45) is 11.5 Å². The summed E-state index contributed by atoms with van der Waals surface area (Å²) in [5.74, 6) is 0. The lowest BCUT2D eigenvalue weighted by molar-refractivity contribution is 0.232. The molecule has 0 bridgehead atoms. The van der Waals surface area contributed by atoms with Crippen molar-refractivity contribution >= 4 is 26.9 Å². The van der Waals surface area contributed by atoms with Crippen LogP contribution in [0.3, 0.4) is 0 Å². The molecule has 4 N–H and O–H groups in total. The van der Waals surface area contributed by atoms with Crippen molar-refractivity contribution in [1.29, 1.82) is 0 Å². The van der Waals surface area contributed by atoms with Gasteiger partial charge in [0.15, 0.2) is 6.23 Å². The van der Waals surface area contributed by atoms with Crippen molar-refractivity contribution in [2.75, 3.05) is 0 Å². The first-order chi connectivity index (χ1) is 7.04. The number of hydrogen-bond donors (Lipinski definition) is 3. The Morgan fingerprint density at radius 2 is 2.13 bits per heavy atom. The minimum atomic E-state index is -2.95. The van der Waals surface area contributed by atoms with Gasteiger partial charge in [0, 0.05) is 11.0 Å². The van der Waals surface area contributed by atoms with E-state index in [0.29, 0.717) is 12.1 Å². The van der Waals surface area contributed by atoms with Gasteiger partial charge in [-0.05, 0) is 23.3 Å². The highest BCUT2D eigenvalue weighted by Gasteiger charge is 2.09. The lowest BCUT2D eigenvalue weighted by Crippen LogP contribution is -2.14. The van der Waals surface area contributed by atoms with Crippen molar-refractivity contribution in [1.82, 2.24) is 0 Å². The van der Waals surface area contributed by atoms with Gasteiger partial charge in [-0.15, -0.1) is 0 Å². The van der Waals surface area contributed by atoms with Crippen LogP contribution in [0.5, 0.6) is 0 Å². The average molecular weight is 295 g/mol. The van der Waals surface area contributed by atoms with Crippen LogP contribution in [0, 0.1) is 0 Å². The molecular formula is C8H11BrN2O3S. The first kappa shape index (κ1) is 12.6. The van der Waals surface area contributed by atoms with E-state index in [2.05, 4.69) is 20.1 Å². The fraction of sp³-hybridized carbons (Fsp3) is 0.250. The summed E-state index contributed by atoms with van der Waals surface area (Å²) >= 11 is 3.31. The molecule has 0 fully saturated rings. The van der Waals surface area contributed by atoms with Crippen LogP contribution < -0.4 is 11.5 Å². The standard InChI is InChI=1S/C8H11BrN2O3S/c9-7-2-1-5(3-6(7)4-10)8(11)14-15(12)13/h1-3,8,15H,4,10-11H2. The topological polar surface area (TPSA) is 95.4 Å². The molecule has 1 unspecified atom stereocenters. The van der Waals surface area contributed by atoms with Crippen LogP contribution in [-0.2, 0) is 21.7 Å². The second-order valence-electron chi connectivity index (χ2n) is 2.80. The Kier molecular flexibility index (Phi) is 4.68. The Bertz CT molecular complexity index is 414. The van der Waals surface area contributed by atoms with Gasteiger partial charge >= 0.3 is 0 Å². The Morgan fingerprint density at radius 1 is 1.47 bits per heavy atom. The Labute approximate surface area is 97.7 Å². The predicted octanol–water partition coefficient (Wildman–Crippen LogP) is 0.408. The predicted molar refractivity (Wildman–Crippen MR) is 60.4 cm³/mol. The SMILES string of the molecule is NCc1cc(C(N)O[SH](=O)=O)ccc1Br. The molecule has 0 aliphatic heterocycles. The van der Waals surface area contributed by atoms with Gasteiger partial charge < -0.3 is 11.5 Å². The maximum atomic E-state index is 10.3. The van der Waals surface area contributed by atoms with Crippen molar-refractivity contribution in [3.63, 3.8) is 0 Å². The van der Waals surface area contributed by atoms with Crippen LogP contribution in [0.15, 0.2) is 22.7 Å². The lowest BCUT2D eigenvalue weighted by atomic mass is 10.1. The van der Waals surface area contributed by atoms with E-state index >= 15 is 0 Å². The fourth-order valence-electron chi connectivity index (χ4n) is 1.08. The third-order valence-electron chi connectivity index (χ3n) is 1.82. The molecular weight excluding hydrogens is 284 g/mol. The zero-order chi connectivity index (χ0) is 11.4. The van der Waals surface area contributed by atoms with Gasteiger partial charge in [-0.25, -0.2) is 12.6 Å². The van der Waals surface area contributed by atoms with Crippen LogP contribution in [0.1, 0.15) is 17.4 Å². The van der Waals surface area contributed by atoms with Crippen molar-refractivity contribution in [3.05, 3.63) is 33.8 Å². The molecule has 1 aromatic rings. The van der Waals surface area contributed by atoms with Crippen LogP contribution >= 0.6 is 15.9 Å².